The highest BCUT2D eigenvalue weighted by molar-refractivity contribution is 6.00. The van der Waals surface area contributed by atoms with E-state index in [0.717, 1.165) is 25.9 Å². The van der Waals surface area contributed by atoms with E-state index in [1.807, 2.05) is 0 Å². The maximum Gasteiger partial charge on any atom is 0.164 e. The Kier molecular flexibility index (Phi) is 5.09. The molecule has 0 atom stereocenters. The molecule has 1 aromatic rings. The molecule has 0 aliphatic carbocycles. The zero-order valence-electron chi connectivity index (χ0n) is 11.7. The van der Waals surface area contributed by atoms with Gasteiger partial charge in [-0.05, 0) is 31.9 Å². The van der Waals surface area contributed by atoms with E-state index in [2.05, 4.69) is 10.2 Å². The summed E-state index contributed by atoms with van der Waals surface area (Å²) >= 11 is 0. The highest BCUT2D eigenvalue weighted by Gasteiger charge is 2.23. The van der Waals surface area contributed by atoms with Gasteiger partial charge in [-0.1, -0.05) is 6.07 Å². The molecule has 0 bridgehead atoms. The van der Waals surface area contributed by atoms with E-state index in [9.17, 15) is 9.18 Å². The molecule has 5 heteroatoms. The lowest BCUT2D eigenvalue weighted by Crippen LogP contribution is -2.43. The second-order valence-corrected chi connectivity index (χ2v) is 5.13. The van der Waals surface area contributed by atoms with Crippen LogP contribution in [0, 0.1) is 5.82 Å². The van der Waals surface area contributed by atoms with Crippen LogP contribution in [0.25, 0.3) is 0 Å². The van der Waals surface area contributed by atoms with Crippen LogP contribution in [0.2, 0.25) is 0 Å². The minimum absolute atomic E-state index is 0.137. The van der Waals surface area contributed by atoms with Crippen molar-refractivity contribution >= 4 is 11.5 Å². The summed E-state index contributed by atoms with van der Waals surface area (Å²) in [6.45, 7) is 3.71. The standard InChI is InChI=1S/C15H21FN2O2/c1-11(20)15-13(16)3-2-4-14(15)18-8-5-12(6-9-18)17-7-10-19/h2-4,12,17,19H,5-10H2,1H3. The average Bonchev–Trinajstić information content (AvgIpc) is 2.45. The van der Waals surface area contributed by atoms with Crippen LogP contribution in [0.15, 0.2) is 18.2 Å². The van der Waals surface area contributed by atoms with Gasteiger partial charge in [-0.2, -0.15) is 0 Å². The lowest BCUT2D eigenvalue weighted by Gasteiger charge is -2.35. The van der Waals surface area contributed by atoms with Gasteiger partial charge in [0.2, 0.25) is 0 Å². The second-order valence-electron chi connectivity index (χ2n) is 5.13. The maximum absolute atomic E-state index is 13.8. The van der Waals surface area contributed by atoms with Gasteiger partial charge < -0.3 is 15.3 Å². The molecule has 0 radical (unpaired) electrons. The molecule has 2 N–H and O–H groups in total. The number of benzene rings is 1. The van der Waals surface area contributed by atoms with Gasteiger partial charge in [0.1, 0.15) is 5.82 Å². The summed E-state index contributed by atoms with van der Waals surface area (Å²) in [6.07, 6.45) is 1.85. The molecule has 4 nitrogen and oxygen atoms in total. The number of nitrogens with zero attached hydrogens (tertiary/aromatic N) is 1. The van der Waals surface area contributed by atoms with Crippen molar-refractivity contribution < 1.29 is 14.3 Å². The first-order valence-corrected chi connectivity index (χ1v) is 7.02. The molecule has 0 amide bonds. The van der Waals surface area contributed by atoms with Crippen LogP contribution in [-0.2, 0) is 0 Å². The summed E-state index contributed by atoms with van der Waals surface area (Å²) in [7, 11) is 0. The van der Waals surface area contributed by atoms with Gasteiger partial charge in [-0.15, -0.1) is 0 Å². The Bertz CT molecular complexity index is 471. The minimum atomic E-state index is -0.449. The number of Topliss-reactive ketones (excluding diaryl/α,β-unsaturated/α-hetero) is 1. The van der Waals surface area contributed by atoms with Crippen molar-refractivity contribution in [2.24, 2.45) is 0 Å². The Morgan fingerprint density at radius 3 is 2.75 bits per heavy atom. The first kappa shape index (κ1) is 14.9. The monoisotopic (exact) mass is 280 g/mol. The van der Waals surface area contributed by atoms with E-state index in [0.29, 0.717) is 18.3 Å². The molecular formula is C15H21FN2O2. The van der Waals surface area contributed by atoms with Crippen LogP contribution in [0.1, 0.15) is 30.1 Å². The van der Waals surface area contributed by atoms with E-state index in [-0.39, 0.29) is 18.0 Å². The van der Waals surface area contributed by atoms with Crippen molar-refractivity contribution in [2.45, 2.75) is 25.8 Å². The van der Waals surface area contributed by atoms with E-state index in [1.165, 1.54) is 13.0 Å². The molecule has 110 valence electrons. The Balaban J connectivity index is 2.07. The van der Waals surface area contributed by atoms with Crippen LogP contribution >= 0.6 is 0 Å². The second kappa shape index (κ2) is 6.81. The fourth-order valence-electron chi connectivity index (χ4n) is 2.72. The summed E-state index contributed by atoms with van der Waals surface area (Å²) in [5.74, 6) is -0.686. The molecule has 20 heavy (non-hydrogen) atoms. The van der Waals surface area contributed by atoms with Crippen molar-refractivity contribution in [3.8, 4) is 0 Å². The summed E-state index contributed by atoms with van der Waals surface area (Å²) in [5.41, 5.74) is 0.882. The SMILES string of the molecule is CC(=O)c1c(F)cccc1N1CCC(NCCO)CC1. The number of ketones is 1. The van der Waals surface area contributed by atoms with Crippen molar-refractivity contribution in [1.29, 1.82) is 0 Å². The molecule has 0 unspecified atom stereocenters. The first-order chi connectivity index (χ1) is 9.63. The third-order valence-electron chi connectivity index (χ3n) is 3.72. The van der Waals surface area contributed by atoms with Crippen LogP contribution in [0.3, 0.4) is 0 Å². The molecule has 0 saturated carbocycles. The predicted molar refractivity (Wildman–Crippen MR) is 76.7 cm³/mol. The Hall–Kier alpha value is -1.46. The largest absolute Gasteiger partial charge is 0.395 e. The van der Waals surface area contributed by atoms with Crippen molar-refractivity contribution in [3.05, 3.63) is 29.6 Å². The number of nitrogens with one attached hydrogen (secondary N) is 1. The number of carbonyl (C=O) groups excluding carboxylic acids is 1. The third kappa shape index (κ3) is 3.35. The van der Waals surface area contributed by atoms with Crippen molar-refractivity contribution in [2.75, 3.05) is 31.1 Å². The Morgan fingerprint density at radius 2 is 2.15 bits per heavy atom. The van der Waals surface area contributed by atoms with Crippen molar-refractivity contribution in [3.63, 3.8) is 0 Å². The average molecular weight is 280 g/mol. The Morgan fingerprint density at radius 1 is 1.45 bits per heavy atom. The quantitative estimate of drug-likeness (QED) is 0.804. The van der Waals surface area contributed by atoms with Gasteiger partial charge in [0, 0.05) is 25.7 Å². The van der Waals surface area contributed by atoms with Gasteiger partial charge in [0.15, 0.2) is 5.78 Å². The van der Waals surface area contributed by atoms with Crippen molar-refractivity contribution in [1.82, 2.24) is 5.32 Å². The zero-order valence-corrected chi connectivity index (χ0v) is 11.7. The number of halogens is 1. The predicted octanol–water partition coefficient (Wildman–Crippen LogP) is 1.58. The number of piperidine rings is 1. The summed E-state index contributed by atoms with van der Waals surface area (Å²) in [5, 5.41) is 12.1. The number of hydrogen-bond acceptors (Lipinski definition) is 4. The van der Waals surface area contributed by atoms with Crippen LogP contribution in [-0.4, -0.2) is 43.2 Å². The number of hydrogen-bond donors (Lipinski definition) is 2. The Labute approximate surface area is 118 Å². The topological polar surface area (TPSA) is 52.6 Å². The minimum Gasteiger partial charge on any atom is -0.395 e. The molecule has 0 aromatic heterocycles. The first-order valence-electron chi connectivity index (χ1n) is 7.02. The third-order valence-corrected chi connectivity index (χ3v) is 3.72. The summed E-state index contributed by atoms with van der Waals surface area (Å²) in [4.78, 5) is 13.7. The smallest absolute Gasteiger partial charge is 0.164 e. The summed E-state index contributed by atoms with van der Waals surface area (Å²) < 4.78 is 13.8. The lowest BCUT2D eigenvalue weighted by atomic mass is 10.0. The molecule has 1 heterocycles. The van der Waals surface area contributed by atoms with Gasteiger partial charge in [-0.3, -0.25) is 4.79 Å². The number of aliphatic hydroxyl groups excluding tert-OH is 1. The molecule has 1 saturated heterocycles. The fourth-order valence-corrected chi connectivity index (χ4v) is 2.72. The fraction of sp³-hybridized carbons (Fsp3) is 0.533. The zero-order chi connectivity index (χ0) is 14.5. The number of anilines is 1. The molecule has 1 aromatic carbocycles. The number of carbonyl (C=O) groups is 1. The highest BCUT2D eigenvalue weighted by Crippen LogP contribution is 2.26. The number of aliphatic hydroxyl groups is 1. The van der Waals surface area contributed by atoms with Gasteiger partial charge in [-0.25, -0.2) is 4.39 Å². The molecule has 1 fully saturated rings. The molecular weight excluding hydrogens is 259 g/mol. The van der Waals surface area contributed by atoms with E-state index >= 15 is 0 Å². The van der Waals surface area contributed by atoms with E-state index < -0.39 is 5.82 Å². The van der Waals surface area contributed by atoms with E-state index in [4.69, 9.17) is 5.11 Å². The molecule has 0 spiro atoms. The van der Waals surface area contributed by atoms with E-state index in [1.54, 1.807) is 12.1 Å². The molecule has 1 aliphatic heterocycles. The van der Waals surface area contributed by atoms with Gasteiger partial charge in [0.25, 0.3) is 0 Å². The van der Waals surface area contributed by atoms with Gasteiger partial charge >= 0.3 is 0 Å². The maximum atomic E-state index is 13.8. The normalized spacial score (nSPS) is 16.4. The molecule has 1 aliphatic rings. The molecule has 2 rings (SSSR count). The van der Waals surface area contributed by atoms with Crippen LogP contribution < -0.4 is 10.2 Å². The summed E-state index contributed by atoms with van der Waals surface area (Å²) in [6, 6.07) is 5.16. The lowest BCUT2D eigenvalue weighted by molar-refractivity contribution is 0.101. The van der Waals surface area contributed by atoms with Crippen LogP contribution in [0.5, 0.6) is 0 Å². The van der Waals surface area contributed by atoms with Gasteiger partial charge in [0.05, 0.1) is 17.9 Å². The number of rotatable bonds is 5. The highest BCUT2D eigenvalue weighted by atomic mass is 19.1. The van der Waals surface area contributed by atoms with Crippen LogP contribution in [0.4, 0.5) is 10.1 Å².